The van der Waals surface area contributed by atoms with Crippen LogP contribution in [-0.4, -0.2) is 14.5 Å². The highest BCUT2D eigenvalue weighted by Crippen LogP contribution is 2.46. The second-order valence-electron chi connectivity index (χ2n) is 18.5. The van der Waals surface area contributed by atoms with Gasteiger partial charge in [0, 0.05) is 38.6 Å². The van der Waals surface area contributed by atoms with Crippen LogP contribution in [0.15, 0.2) is 285 Å². The molecular weight excluding hydrogens is 883 g/mol. The molecule has 342 valence electrons. The number of benzene rings is 11. The van der Waals surface area contributed by atoms with Crippen molar-refractivity contribution in [2.45, 2.75) is 0 Å². The van der Waals surface area contributed by atoms with Crippen molar-refractivity contribution in [3.63, 3.8) is 0 Å². The molecule has 0 N–H and O–H groups in total. The Balaban J connectivity index is 1.13. The average Bonchev–Trinajstić information content (AvgIpc) is 3.81. The lowest BCUT2D eigenvalue weighted by Gasteiger charge is -2.22. The minimum atomic E-state index is 0.675. The predicted molar refractivity (Wildman–Crippen MR) is 305 cm³/mol. The Bertz CT molecular complexity index is 3800. The molecule has 3 heteroatoms. The minimum absolute atomic E-state index is 0.675. The SMILES string of the molecule is c1ccc(-c2ccc(-c3cc(-c4cc(-c5ccccc5)nc(-c5ccccc5)n4)cc(-c4ccc(-c5ccccc5)cc4)c3-n3c4ccc(-c5ccccc5)cc4c4cc(-c5ccccc5)ccc43)cc2)cc1. The summed E-state index contributed by atoms with van der Waals surface area (Å²) >= 11 is 0. The normalized spacial score (nSPS) is 11.3. The van der Waals surface area contributed by atoms with Crippen molar-refractivity contribution in [3.8, 4) is 106 Å². The van der Waals surface area contributed by atoms with Gasteiger partial charge in [-0.3, -0.25) is 0 Å². The number of hydrogen-bond donors (Lipinski definition) is 0. The van der Waals surface area contributed by atoms with Gasteiger partial charge in [0.2, 0.25) is 0 Å². The number of hydrogen-bond acceptors (Lipinski definition) is 2. The molecular formula is C70H47N3. The average molecular weight is 930 g/mol. The van der Waals surface area contributed by atoms with Gasteiger partial charge in [0.05, 0.1) is 28.1 Å². The Hall–Kier alpha value is -9.70. The van der Waals surface area contributed by atoms with Crippen LogP contribution in [0.1, 0.15) is 0 Å². The van der Waals surface area contributed by atoms with E-state index < -0.39 is 0 Å². The number of nitrogens with zero attached hydrogens (tertiary/aromatic N) is 3. The standard InChI is InChI=1S/C70H47N3/c1-7-19-48(20-8-1)52-31-35-54(36-32-52)61-45-60(66-47-65(56-27-15-5-16-28-56)71-70(72-66)57-29-17-6-18-30-57)46-62(55-37-33-53(34-38-55)49-21-9-2-10-22-49)69(61)73-67-41-39-58(50-23-11-3-12-24-50)43-63(67)64-44-59(40-42-68(64)73)51-25-13-4-14-26-51/h1-47H. The molecule has 0 aliphatic heterocycles. The first-order valence-electron chi connectivity index (χ1n) is 24.9. The summed E-state index contributed by atoms with van der Waals surface area (Å²) in [6.45, 7) is 0. The van der Waals surface area contributed by atoms with Crippen LogP contribution in [0.25, 0.3) is 128 Å². The Morgan fingerprint density at radius 1 is 0.219 bits per heavy atom. The summed E-state index contributed by atoms with van der Waals surface area (Å²) in [4.78, 5) is 10.6. The first-order chi connectivity index (χ1) is 36.2. The summed E-state index contributed by atoms with van der Waals surface area (Å²) in [5, 5.41) is 2.37. The first kappa shape index (κ1) is 43.3. The van der Waals surface area contributed by atoms with Crippen LogP contribution in [0.4, 0.5) is 0 Å². The largest absolute Gasteiger partial charge is 0.308 e. The molecule has 13 rings (SSSR count). The zero-order valence-corrected chi connectivity index (χ0v) is 40.0. The van der Waals surface area contributed by atoms with E-state index >= 15 is 0 Å². The van der Waals surface area contributed by atoms with Crippen LogP contribution in [-0.2, 0) is 0 Å². The van der Waals surface area contributed by atoms with Crippen LogP contribution < -0.4 is 0 Å². The van der Waals surface area contributed by atoms with Gasteiger partial charge in [-0.2, -0.15) is 0 Å². The van der Waals surface area contributed by atoms with Gasteiger partial charge in [-0.1, -0.05) is 243 Å². The molecule has 0 spiro atoms. The van der Waals surface area contributed by atoms with Gasteiger partial charge in [-0.05, 0) is 98.1 Å². The van der Waals surface area contributed by atoms with Crippen molar-refractivity contribution in [1.29, 1.82) is 0 Å². The van der Waals surface area contributed by atoms with Crippen molar-refractivity contribution in [1.82, 2.24) is 14.5 Å². The van der Waals surface area contributed by atoms with Crippen LogP contribution in [0, 0.1) is 0 Å². The highest BCUT2D eigenvalue weighted by atomic mass is 15.0. The van der Waals surface area contributed by atoms with Crippen LogP contribution >= 0.6 is 0 Å². The predicted octanol–water partition coefficient (Wildman–Crippen LogP) is 18.6. The van der Waals surface area contributed by atoms with E-state index in [1.54, 1.807) is 0 Å². The molecule has 73 heavy (non-hydrogen) atoms. The highest BCUT2D eigenvalue weighted by Gasteiger charge is 2.24. The fourth-order valence-electron chi connectivity index (χ4n) is 10.4. The molecule has 11 aromatic carbocycles. The summed E-state index contributed by atoms with van der Waals surface area (Å²) in [5.41, 5.74) is 21.8. The fourth-order valence-corrected chi connectivity index (χ4v) is 10.4. The second kappa shape index (κ2) is 18.9. The van der Waals surface area contributed by atoms with Crippen molar-refractivity contribution >= 4 is 21.8 Å². The zero-order valence-electron chi connectivity index (χ0n) is 40.0. The number of rotatable bonds is 10. The Morgan fingerprint density at radius 3 is 0.918 bits per heavy atom. The van der Waals surface area contributed by atoms with Gasteiger partial charge in [0.1, 0.15) is 0 Å². The molecule has 0 saturated carbocycles. The summed E-state index contributed by atoms with van der Waals surface area (Å²) in [7, 11) is 0. The quantitative estimate of drug-likeness (QED) is 0.137. The monoisotopic (exact) mass is 929 g/mol. The molecule has 0 aliphatic carbocycles. The number of aromatic nitrogens is 3. The van der Waals surface area contributed by atoms with Gasteiger partial charge in [-0.25, -0.2) is 9.97 Å². The topological polar surface area (TPSA) is 30.7 Å². The van der Waals surface area contributed by atoms with Crippen molar-refractivity contribution in [2.24, 2.45) is 0 Å². The van der Waals surface area contributed by atoms with E-state index in [0.29, 0.717) is 5.82 Å². The maximum atomic E-state index is 5.43. The summed E-state index contributed by atoms with van der Waals surface area (Å²) < 4.78 is 2.52. The number of fused-ring (bicyclic) bond motifs is 3. The molecule has 0 bridgehead atoms. The molecule has 2 aromatic heterocycles. The van der Waals surface area contributed by atoms with Crippen molar-refractivity contribution in [2.75, 3.05) is 0 Å². The summed E-state index contributed by atoms with van der Waals surface area (Å²) in [6.07, 6.45) is 0. The molecule has 13 aromatic rings. The third-order valence-corrected chi connectivity index (χ3v) is 14.0. The fraction of sp³-hybridized carbons (Fsp3) is 0. The van der Waals surface area contributed by atoms with Crippen LogP contribution in [0.5, 0.6) is 0 Å². The summed E-state index contributed by atoms with van der Waals surface area (Å²) in [5.74, 6) is 0.675. The third kappa shape index (κ3) is 8.39. The molecule has 2 heterocycles. The van der Waals surface area contributed by atoms with Gasteiger partial charge in [0.25, 0.3) is 0 Å². The van der Waals surface area contributed by atoms with Crippen molar-refractivity contribution in [3.05, 3.63) is 285 Å². The molecule has 0 aliphatic rings. The molecule has 0 fully saturated rings. The van der Waals surface area contributed by atoms with E-state index in [1.807, 2.05) is 24.3 Å². The van der Waals surface area contributed by atoms with Gasteiger partial charge in [0.15, 0.2) is 5.82 Å². The van der Waals surface area contributed by atoms with E-state index in [2.05, 4.69) is 265 Å². The van der Waals surface area contributed by atoms with E-state index in [0.717, 1.165) is 78.2 Å². The molecule has 0 unspecified atom stereocenters. The lowest BCUT2D eigenvalue weighted by Crippen LogP contribution is -2.03. The highest BCUT2D eigenvalue weighted by molar-refractivity contribution is 6.13. The van der Waals surface area contributed by atoms with Crippen LogP contribution in [0.2, 0.25) is 0 Å². The molecule has 0 radical (unpaired) electrons. The minimum Gasteiger partial charge on any atom is -0.308 e. The third-order valence-electron chi connectivity index (χ3n) is 14.0. The molecule has 3 nitrogen and oxygen atoms in total. The Kier molecular flexibility index (Phi) is 11.2. The van der Waals surface area contributed by atoms with Crippen molar-refractivity contribution < 1.29 is 0 Å². The molecule has 0 saturated heterocycles. The van der Waals surface area contributed by atoms with Gasteiger partial charge >= 0.3 is 0 Å². The lowest BCUT2D eigenvalue weighted by molar-refractivity contribution is 1.17. The second-order valence-corrected chi connectivity index (χ2v) is 18.5. The van der Waals surface area contributed by atoms with E-state index in [4.69, 9.17) is 9.97 Å². The smallest absolute Gasteiger partial charge is 0.160 e. The van der Waals surface area contributed by atoms with E-state index in [9.17, 15) is 0 Å². The van der Waals surface area contributed by atoms with Gasteiger partial charge in [-0.15, -0.1) is 0 Å². The molecule has 0 atom stereocenters. The summed E-state index contributed by atoms with van der Waals surface area (Å²) in [6, 6.07) is 102. The maximum absolute atomic E-state index is 5.43. The van der Waals surface area contributed by atoms with E-state index in [-0.39, 0.29) is 0 Å². The first-order valence-corrected chi connectivity index (χ1v) is 24.9. The maximum Gasteiger partial charge on any atom is 0.160 e. The van der Waals surface area contributed by atoms with Gasteiger partial charge < -0.3 is 4.57 Å². The van der Waals surface area contributed by atoms with E-state index in [1.165, 1.54) is 44.2 Å². The Morgan fingerprint density at radius 2 is 0.521 bits per heavy atom. The molecule has 0 amide bonds. The Labute approximate surface area is 425 Å². The van der Waals surface area contributed by atoms with Crippen LogP contribution in [0.3, 0.4) is 0 Å². The lowest BCUT2D eigenvalue weighted by atomic mass is 9.90. The zero-order chi connectivity index (χ0) is 48.5.